The lowest BCUT2D eigenvalue weighted by Crippen LogP contribution is -2.31. The first-order valence-electron chi connectivity index (χ1n) is 5.54. The Kier molecular flexibility index (Phi) is 3.08. The monoisotopic (exact) mass is 220 g/mol. The van der Waals surface area contributed by atoms with Crippen LogP contribution in [0, 0.1) is 12.8 Å². The van der Waals surface area contributed by atoms with E-state index in [1.165, 1.54) is 12.8 Å². The van der Waals surface area contributed by atoms with Gasteiger partial charge in [-0.1, -0.05) is 0 Å². The molecule has 0 unspecified atom stereocenters. The quantitative estimate of drug-likeness (QED) is 0.820. The molecule has 1 saturated carbocycles. The Morgan fingerprint density at radius 1 is 1.62 bits per heavy atom. The Balaban J connectivity index is 2.12. The first-order chi connectivity index (χ1) is 7.65. The van der Waals surface area contributed by atoms with Gasteiger partial charge in [0.1, 0.15) is 6.54 Å². The van der Waals surface area contributed by atoms with E-state index in [-0.39, 0.29) is 6.54 Å². The second kappa shape index (κ2) is 4.51. The van der Waals surface area contributed by atoms with Crippen molar-refractivity contribution in [2.75, 3.05) is 18.0 Å². The molecule has 2 rings (SSSR count). The molecule has 0 bridgehead atoms. The van der Waals surface area contributed by atoms with Gasteiger partial charge in [0.05, 0.1) is 0 Å². The van der Waals surface area contributed by atoms with Gasteiger partial charge in [0.2, 0.25) is 0 Å². The molecular weight excluding hydrogens is 204 g/mol. The summed E-state index contributed by atoms with van der Waals surface area (Å²) in [7, 11) is 0. The molecule has 0 saturated heterocycles. The minimum atomic E-state index is -0.782. The molecular formula is C12H16N2O2. The Hall–Kier alpha value is -1.58. The van der Waals surface area contributed by atoms with Crippen molar-refractivity contribution in [1.82, 2.24) is 4.98 Å². The predicted molar refractivity (Wildman–Crippen MR) is 61.5 cm³/mol. The van der Waals surface area contributed by atoms with Crippen molar-refractivity contribution in [3.8, 4) is 0 Å². The molecule has 4 nitrogen and oxygen atoms in total. The molecule has 0 atom stereocenters. The highest BCUT2D eigenvalue weighted by molar-refractivity contribution is 5.73. The van der Waals surface area contributed by atoms with Crippen molar-refractivity contribution in [3.05, 3.63) is 24.0 Å². The minimum absolute atomic E-state index is 0.0694. The third-order valence-corrected chi connectivity index (χ3v) is 2.75. The van der Waals surface area contributed by atoms with E-state index in [9.17, 15) is 4.79 Å². The second-order valence-electron chi connectivity index (χ2n) is 4.37. The van der Waals surface area contributed by atoms with E-state index in [2.05, 4.69) is 4.98 Å². The van der Waals surface area contributed by atoms with Gasteiger partial charge in [0.25, 0.3) is 0 Å². The van der Waals surface area contributed by atoms with E-state index < -0.39 is 5.97 Å². The lowest BCUT2D eigenvalue weighted by atomic mass is 10.2. The van der Waals surface area contributed by atoms with Gasteiger partial charge in [-0.15, -0.1) is 0 Å². The zero-order valence-electron chi connectivity index (χ0n) is 9.39. The lowest BCUT2D eigenvalue weighted by molar-refractivity contribution is -0.135. The van der Waals surface area contributed by atoms with Gasteiger partial charge in [-0.05, 0) is 37.8 Å². The number of aryl methyl sites for hydroxylation is 1. The van der Waals surface area contributed by atoms with Crippen LogP contribution in [-0.2, 0) is 4.79 Å². The summed E-state index contributed by atoms with van der Waals surface area (Å²) in [5, 5.41) is 8.89. The summed E-state index contributed by atoms with van der Waals surface area (Å²) < 4.78 is 0. The number of rotatable bonds is 5. The molecule has 0 amide bonds. The number of carboxylic acid groups (broad SMARTS) is 1. The fourth-order valence-corrected chi connectivity index (χ4v) is 1.76. The van der Waals surface area contributed by atoms with Gasteiger partial charge in [0.15, 0.2) is 0 Å². The fourth-order valence-electron chi connectivity index (χ4n) is 1.76. The molecule has 1 heterocycles. The van der Waals surface area contributed by atoms with Crippen LogP contribution >= 0.6 is 0 Å². The first-order valence-corrected chi connectivity index (χ1v) is 5.54. The number of pyridine rings is 1. The zero-order valence-corrected chi connectivity index (χ0v) is 9.39. The number of hydrogen-bond donors (Lipinski definition) is 1. The van der Waals surface area contributed by atoms with E-state index in [0.29, 0.717) is 5.92 Å². The number of anilines is 1. The number of aromatic nitrogens is 1. The van der Waals surface area contributed by atoms with Gasteiger partial charge >= 0.3 is 5.97 Å². The maximum Gasteiger partial charge on any atom is 0.323 e. The second-order valence-corrected chi connectivity index (χ2v) is 4.37. The molecule has 4 heteroatoms. The Labute approximate surface area is 94.9 Å². The molecule has 0 spiro atoms. The van der Waals surface area contributed by atoms with Gasteiger partial charge in [-0.25, -0.2) is 0 Å². The molecule has 1 aliphatic carbocycles. The number of hydrogen-bond acceptors (Lipinski definition) is 3. The van der Waals surface area contributed by atoms with Gasteiger partial charge in [-0.3, -0.25) is 9.78 Å². The van der Waals surface area contributed by atoms with Crippen molar-refractivity contribution in [2.45, 2.75) is 19.8 Å². The molecule has 0 radical (unpaired) electrons. The van der Waals surface area contributed by atoms with Crippen molar-refractivity contribution in [2.24, 2.45) is 5.92 Å². The van der Waals surface area contributed by atoms with Crippen molar-refractivity contribution in [3.63, 3.8) is 0 Å². The van der Waals surface area contributed by atoms with Crippen LogP contribution in [0.5, 0.6) is 0 Å². The average molecular weight is 220 g/mol. The molecule has 16 heavy (non-hydrogen) atoms. The molecule has 0 aliphatic heterocycles. The summed E-state index contributed by atoms with van der Waals surface area (Å²) in [6, 6.07) is 3.81. The van der Waals surface area contributed by atoms with Crippen molar-refractivity contribution in [1.29, 1.82) is 0 Å². The number of carbonyl (C=O) groups is 1. The highest BCUT2D eigenvalue weighted by atomic mass is 16.4. The lowest BCUT2D eigenvalue weighted by Gasteiger charge is -2.22. The summed E-state index contributed by atoms with van der Waals surface area (Å²) in [6.07, 6.45) is 4.17. The SMILES string of the molecule is Cc1cc(N(CC(=O)O)CC2CC2)ccn1. The van der Waals surface area contributed by atoms with Crippen LogP contribution in [0.25, 0.3) is 0 Å². The van der Waals surface area contributed by atoms with Crippen LogP contribution < -0.4 is 4.90 Å². The molecule has 86 valence electrons. The summed E-state index contributed by atoms with van der Waals surface area (Å²) in [6.45, 7) is 2.83. The predicted octanol–water partition coefficient (Wildman–Crippen LogP) is 1.69. The molecule has 1 fully saturated rings. The number of nitrogens with zero attached hydrogens (tertiary/aromatic N) is 2. The van der Waals surface area contributed by atoms with Gasteiger partial charge in [-0.2, -0.15) is 0 Å². The maximum absolute atomic E-state index is 10.8. The van der Waals surface area contributed by atoms with Crippen LogP contribution in [-0.4, -0.2) is 29.1 Å². The van der Waals surface area contributed by atoms with E-state index in [1.807, 2.05) is 24.0 Å². The first kappa shape index (κ1) is 10.9. The van der Waals surface area contributed by atoms with E-state index in [1.54, 1.807) is 6.20 Å². The molecule has 1 N–H and O–H groups in total. The van der Waals surface area contributed by atoms with Crippen LogP contribution in [0.4, 0.5) is 5.69 Å². The summed E-state index contributed by atoms with van der Waals surface area (Å²) in [5.74, 6) is -0.108. The topological polar surface area (TPSA) is 53.4 Å². The van der Waals surface area contributed by atoms with E-state index in [4.69, 9.17) is 5.11 Å². The van der Waals surface area contributed by atoms with Crippen LogP contribution in [0.2, 0.25) is 0 Å². The Morgan fingerprint density at radius 2 is 2.38 bits per heavy atom. The highest BCUT2D eigenvalue weighted by Crippen LogP contribution is 2.31. The summed E-state index contributed by atoms with van der Waals surface area (Å²) in [4.78, 5) is 16.9. The van der Waals surface area contributed by atoms with Crippen LogP contribution in [0.3, 0.4) is 0 Å². The Morgan fingerprint density at radius 3 is 2.94 bits per heavy atom. The summed E-state index contributed by atoms with van der Waals surface area (Å²) >= 11 is 0. The fraction of sp³-hybridized carbons (Fsp3) is 0.500. The van der Waals surface area contributed by atoms with Crippen LogP contribution in [0.15, 0.2) is 18.3 Å². The normalized spacial score (nSPS) is 14.8. The maximum atomic E-state index is 10.8. The zero-order chi connectivity index (χ0) is 11.5. The third kappa shape index (κ3) is 2.95. The average Bonchev–Trinajstić information content (AvgIpc) is 3.00. The largest absolute Gasteiger partial charge is 0.480 e. The minimum Gasteiger partial charge on any atom is -0.480 e. The van der Waals surface area contributed by atoms with Crippen molar-refractivity contribution < 1.29 is 9.90 Å². The number of aliphatic carboxylic acids is 1. The highest BCUT2D eigenvalue weighted by Gasteiger charge is 2.25. The van der Waals surface area contributed by atoms with Crippen molar-refractivity contribution >= 4 is 11.7 Å². The molecule has 1 aliphatic rings. The molecule has 0 aromatic carbocycles. The smallest absolute Gasteiger partial charge is 0.323 e. The molecule has 1 aromatic rings. The summed E-state index contributed by atoms with van der Waals surface area (Å²) in [5.41, 5.74) is 1.88. The van der Waals surface area contributed by atoms with Gasteiger partial charge < -0.3 is 10.0 Å². The van der Waals surface area contributed by atoms with E-state index in [0.717, 1.165) is 17.9 Å². The van der Waals surface area contributed by atoms with Gasteiger partial charge in [0, 0.05) is 24.1 Å². The number of carboxylic acids is 1. The van der Waals surface area contributed by atoms with E-state index >= 15 is 0 Å². The third-order valence-electron chi connectivity index (χ3n) is 2.75. The Bertz CT molecular complexity index is 388. The standard InChI is InChI=1S/C12H16N2O2/c1-9-6-11(4-5-13-9)14(8-12(15)16)7-10-2-3-10/h4-6,10H,2-3,7-8H2,1H3,(H,15,16). The van der Waals surface area contributed by atoms with Crippen LogP contribution in [0.1, 0.15) is 18.5 Å². The molecule has 1 aromatic heterocycles.